The maximum atomic E-state index is 5.87. The molecule has 3 heteroatoms. The van der Waals surface area contributed by atoms with Gasteiger partial charge in [0.05, 0.1) is 0 Å². The van der Waals surface area contributed by atoms with E-state index in [0.717, 1.165) is 17.3 Å². The number of nitrogens with one attached hydrogen (secondary N) is 1. The van der Waals surface area contributed by atoms with E-state index in [0.29, 0.717) is 0 Å². The smallest absolute Gasteiger partial charge is 0.0406 e. The molecule has 0 aliphatic carbocycles. The summed E-state index contributed by atoms with van der Waals surface area (Å²) in [7, 11) is 1.97. The van der Waals surface area contributed by atoms with E-state index in [2.05, 4.69) is 41.7 Å². The van der Waals surface area contributed by atoms with Crippen molar-refractivity contribution in [2.45, 2.75) is 17.2 Å². The third-order valence-electron chi connectivity index (χ3n) is 2.60. The largest absolute Gasteiger partial charge is 0.316 e. The summed E-state index contributed by atoms with van der Waals surface area (Å²) in [6.45, 7) is 0.912. The highest BCUT2D eigenvalue weighted by Gasteiger charge is 1.98. The fourth-order valence-corrected chi connectivity index (χ4v) is 2.76. The van der Waals surface area contributed by atoms with Gasteiger partial charge in [-0.1, -0.05) is 35.9 Å². The van der Waals surface area contributed by atoms with Gasteiger partial charge in [-0.2, -0.15) is 0 Å². The Morgan fingerprint density at radius 1 is 1.06 bits per heavy atom. The van der Waals surface area contributed by atoms with Crippen molar-refractivity contribution in [2.75, 3.05) is 7.05 Å². The monoisotopic (exact) mass is 277 g/mol. The van der Waals surface area contributed by atoms with E-state index in [4.69, 9.17) is 11.6 Å². The third-order valence-corrected chi connectivity index (χ3v) is 3.92. The molecule has 0 radical (unpaired) electrons. The highest BCUT2D eigenvalue weighted by atomic mass is 35.5. The molecule has 0 heterocycles. The highest BCUT2D eigenvalue weighted by molar-refractivity contribution is 7.98. The Morgan fingerprint density at radius 2 is 1.83 bits per heavy atom. The number of benzene rings is 2. The predicted molar refractivity (Wildman–Crippen MR) is 80.2 cm³/mol. The summed E-state index contributed by atoms with van der Waals surface area (Å²) in [6, 6.07) is 16.7. The van der Waals surface area contributed by atoms with Gasteiger partial charge in [-0.15, -0.1) is 11.8 Å². The maximum Gasteiger partial charge on any atom is 0.0406 e. The molecular weight excluding hydrogens is 262 g/mol. The van der Waals surface area contributed by atoms with Crippen molar-refractivity contribution in [1.29, 1.82) is 0 Å². The van der Waals surface area contributed by atoms with Gasteiger partial charge in [-0.25, -0.2) is 0 Å². The van der Waals surface area contributed by atoms with E-state index in [9.17, 15) is 0 Å². The zero-order valence-electron chi connectivity index (χ0n) is 10.3. The quantitative estimate of drug-likeness (QED) is 0.816. The van der Waals surface area contributed by atoms with Gasteiger partial charge in [-0.3, -0.25) is 0 Å². The van der Waals surface area contributed by atoms with Gasteiger partial charge < -0.3 is 5.32 Å². The highest BCUT2D eigenvalue weighted by Crippen LogP contribution is 2.24. The Balaban J connectivity index is 1.97. The fourth-order valence-electron chi connectivity index (χ4n) is 1.70. The molecule has 0 unspecified atom stereocenters. The number of thioether (sulfide) groups is 1. The molecule has 0 spiro atoms. The molecule has 0 bridgehead atoms. The Labute approximate surface area is 118 Å². The summed E-state index contributed by atoms with van der Waals surface area (Å²) >= 11 is 7.72. The van der Waals surface area contributed by atoms with E-state index in [1.807, 2.05) is 30.9 Å². The zero-order valence-corrected chi connectivity index (χ0v) is 11.9. The van der Waals surface area contributed by atoms with Gasteiger partial charge in [0.2, 0.25) is 0 Å². The second kappa shape index (κ2) is 6.83. The summed E-state index contributed by atoms with van der Waals surface area (Å²) in [5.74, 6) is 0.972. The van der Waals surface area contributed by atoms with Crippen molar-refractivity contribution in [1.82, 2.24) is 5.32 Å². The number of hydrogen-bond acceptors (Lipinski definition) is 2. The Morgan fingerprint density at radius 3 is 2.56 bits per heavy atom. The molecule has 1 nitrogen and oxygen atoms in total. The summed E-state index contributed by atoms with van der Waals surface area (Å²) in [5, 5.41) is 3.96. The van der Waals surface area contributed by atoms with Crippen LogP contribution in [0.5, 0.6) is 0 Å². The summed E-state index contributed by atoms with van der Waals surface area (Å²) in [6.07, 6.45) is 0. The first-order valence-corrected chi connectivity index (χ1v) is 7.25. The van der Waals surface area contributed by atoms with Crippen molar-refractivity contribution in [3.8, 4) is 0 Å². The van der Waals surface area contributed by atoms with Gasteiger partial charge in [0.15, 0.2) is 0 Å². The lowest BCUT2D eigenvalue weighted by Crippen LogP contribution is -2.04. The Hall–Kier alpha value is -0.960. The molecule has 0 aromatic heterocycles. The van der Waals surface area contributed by atoms with E-state index in [-0.39, 0.29) is 0 Å². The minimum absolute atomic E-state index is 0.791. The van der Waals surface area contributed by atoms with Crippen LogP contribution in [0.25, 0.3) is 0 Å². The van der Waals surface area contributed by atoms with Crippen LogP contribution in [0.2, 0.25) is 5.02 Å². The van der Waals surface area contributed by atoms with Crippen LogP contribution in [-0.4, -0.2) is 7.05 Å². The van der Waals surface area contributed by atoms with Crippen LogP contribution in [-0.2, 0) is 12.3 Å². The number of hydrogen-bond donors (Lipinski definition) is 1. The number of halogens is 1. The van der Waals surface area contributed by atoms with Gasteiger partial charge in [0.25, 0.3) is 0 Å². The minimum atomic E-state index is 0.791. The molecule has 0 fully saturated rings. The van der Waals surface area contributed by atoms with Crippen LogP contribution in [0.3, 0.4) is 0 Å². The average molecular weight is 278 g/mol. The first kappa shape index (κ1) is 13.5. The fraction of sp³-hybridized carbons (Fsp3) is 0.200. The van der Waals surface area contributed by atoms with Crippen LogP contribution in [0, 0.1) is 0 Å². The molecular formula is C15H16ClNS. The summed E-state index contributed by atoms with van der Waals surface area (Å²) < 4.78 is 0. The van der Waals surface area contributed by atoms with Crippen molar-refractivity contribution >= 4 is 23.4 Å². The van der Waals surface area contributed by atoms with Crippen molar-refractivity contribution in [2.24, 2.45) is 0 Å². The molecule has 18 heavy (non-hydrogen) atoms. The SMILES string of the molecule is CNCc1cccc(SCc2ccc(Cl)cc2)c1. The molecule has 1 N–H and O–H groups in total. The molecule has 0 saturated heterocycles. The van der Waals surface area contributed by atoms with Gasteiger partial charge >= 0.3 is 0 Å². The lowest BCUT2D eigenvalue weighted by molar-refractivity contribution is 0.815. The maximum absolute atomic E-state index is 5.87. The van der Waals surface area contributed by atoms with Crippen molar-refractivity contribution in [3.63, 3.8) is 0 Å². The van der Waals surface area contributed by atoms with Crippen molar-refractivity contribution < 1.29 is 0 Å². The van der Waals surface area contributed by atoms with E-state index < -0.39 is 0 Å². The first-order valence-electron chi connectivity index (χ1n) is 5.89. The van der Waals surface area contributed by atoms with E-state index >= 15 is 0 Å². The molecule has 94 valence electrons. The summed E-state index contributed by atoms with van der Waals surface area (Å²) in [4.78, 5) is 1.30. The second-order valence-corrected chi connectivity index (χ2v) is 5.58. The van der Waals surface area contributed by atoms with E-state index in [1.165, 1.54) is 16.0 Å². The van der Waals surface area contributed by atoms with Crippen LogP contribution in [0.1, 0.15) is 11.1 Å². The van der Waals surface area contributed by atoms with Crippen LogP contribution >= 0.6 is 23.4 Å². The van der Waals surface area contributed by atoms with Crippen molar-refractivity contribution in [3.05, 3.63) is 64.7 Å². The van der Waals surface area contributed by atoms with E-state index in [1.54, 1.807) is 0 Å². The first-order chi connectivity index (χ1) is 8.78. The predicted octanol–water partition coefficient (Wildman–Crippen LogP) is 4.35. The minimum Gasteiger partial charge on any atom is -0.316 e. The molecule has 0 aliphatic rings. The normalized spacial score (nSPS) is 10.6. The number of rotatable bonds is 5. The van der Waals surface area contributed by atoms with Gasteiger partial charge in [0, 0.05) is 22.2 Å². The lowest BCUT2D eigenvalue weighted by Gasteiger charge is -2.05. The average Bonchev–Trinajstić information content (AvgIpc) is 2.39. The Kier molecular flexibility index (Phi) is 5.12. The lowest BCUT2D eigenvalue weighted by atomic mass is 10.2. The van der Waals surface area contributed by atoms with Gasteiger partial charge in [0.1, 0.15) is 0 Å². The zero-order chi connectivity index (χ0) is 12.8. The van der Waals surface area contributed by atoms with Crippen LogP contribution < -0.4 is 5.32 Å². The molecule has 0 saturated carbocycles. The molecule has 0 amide bonds. The van der Waals surface area contributed by atoms with Crippen LogP contribution in [0.4, 0.5) is 0 Å². The molecule has 0 aliphatic heterocycles. The molecule has 2 rings (SSSR count). The van der Waals surface area contributed by atoms with Gasteiger partial charge in [-0.05, 0) is 42.4 Å². The molecule has 0 atom stereocenters. The molecule has 2 aromatic carbocycles. The summed E-state index contributed by atoms with van der Waals surface area (Å²) in [5.41, 5.74) is 2.61. The standard InChI is InChI=1S/C15H16ClNS/c1-17-10-13-3-2-4-15(9-13)18-11-12-5-7-14(16)8-6-12/h2-9,17H,10-11H2,1H3. The van der Waals surface area contributed by atoms with Crippen LogP contribution in [0.15, 0.2) is 53.4 Å². The third kappa shape index (κ3) is 4.05. The second-order valence-electron chi connectivity index (χ2n) is 4.09. The topological polar surface area (TPSA) is 12.0 Å². The Bertz CT molecular complexity index is 496. The molecule has 2 aromatic rings.